The van der Waals surface area contributed by atoms with Crippen molar-refractivity contribution < 1.29 is 0 Å². The monoisotopic (exact) mass is 274 g/mol. The summed E-state index contributed by atoms with van der Waals surface area (Å²) < 4.78 is 0. The molecule has 1 aliphatic rings. The highest BCUT2D eigenvalue weighted by atomic mass is 15.2. The molecule has 1 fully saturated rings. The standard InChI is InChI=1S/C18H30N2/c1-14-6-4-7-17(12-14)20(11-5-10-19)18-9-8-15(2)16(3)13-18/h4,6-7,12,15-16,18H,5,8-11,13,19H2,1-3H3. The number of hydrogen-bond acceptors (Lipinski definition) is 2. The molecule has 3 atom stereocenters. The van der Waals surface area contributed by atoms with Gasteiger partial charge in [-0.2, -0.15) is 0 Å². The lowest BCUT2D eigenvalue weighted by Crippen LogP contribution is -2.41. The smallest absolute Gasteiger partial charge is 0.0371 e. The zero-order valence-electron chi connectivity index (χ0n) is 13.3. The predicted octanol–water partition coefficient (Wildman–Crippen LogP) is 3.97. The number of hydrogen-bond donors (Lipinski definition) is 1. The Labute approximate surface area is 124 Å². The van der Waals surface area contributed by atoms with Crippen LogP contribution in [-0.4, -0.2) is 19.1 Å². The molecule has 0 spiro atoms. The Kier molecular flexibility index (Phi) is 5.47. The topological polar surface area (TPSA) is 29.3 Å². The van der Waals surface area contributed by atoms with Gasteiger partial charge < -0.3 is 10.6 Å². The third-order valence-corrected chi connectivity index (χ3v) is 4.95. The molecule has 2 rings (SSSR count). The van der Waals surface area contributed by atoms with Crippen molar-refractivity contribution in [2.45, 2.75) is 52.5 Å². The fourth-order valence-electron chi connectivity index (χ4n) is 3.39. The van der Waals surface area contributed by atoms with Crippen molar-refractivity contribution in [2.75, 3.05) is 18.0 Å². The van der Waals surface area contributed by atoms with Gasteiger partial charge in [0.25, 0.3) is 0 Å². The van der Waals surface area contributed by atoms with Crippen molar-refractivity contribution in [2.24, 2.45) is 17.6 Å². The fourth-order valence-corrected chi connectivity index (χ4v) is 3.39. The Balaban J connectivity index is 2.15. The average Bonchev–Trinajstić information content (AvgIpc) is 2.43. The van der Waals surface area contributed by atoms with E-state index in [4.69, 9.17) is 5.73 Å². The highest BCUT2D eigenvalue weighted by Gasteiger charge is 2.28. The van der Waals surface area contributed by atoms with Crippen molar-refractivity contribution >= 4 is 5.69 Å². The van der Waals surface area contributed by atoms with Crippen LogP contribution < -0.4 is 10.6 Å². The quantitative estimate of drug-likeness (QED) is 0.880. The molecule has 0 aliphatic heterocycles. The summed E-state index contributed by atoms with van der Waals surface area (Å²) in [7, 11) is 0. The lowest BCUT2D eigenvalue weighted by molar-refractivity contribution is 0.243. The molecule has 20 heavy (non-hydrogen) atoms. The summed E-state index contributed by atoms with van der Waals surface area (Å²) in [6, 6.07) is 9.62. The van der Waals surface area contributed by atoms with Gasteiger partial charge in [-0.3, -0.25) is 0 Å². The molecule has 0 amide bonds. The normalized spacial score (nSPS) is 26.5. The molecule has 0 aromatic heterocycles. The lowest BCUT2D eigenvalue weighted by atomic mass is 9.78. The molecule has 3 unspecified atom stereocenters. The highest BCUT2D eigenvalue weighted by Crippen LogP contribution is 2.34. The van der Waals surface area contributed by atoms with Gasteiger partial charge in [-0.1, -0.05) is 26.0 Å². The first kappa shape index (κ1) is 15.4. The summed E-state index contributed by atoms with van der Waals surface area (Å²) >= 11 is 0. The van der Waals surface area contributed by atoms with E-state index in [1.54, 1.807) is 0 Å². The lowest BCUT2D eigenvalue weighted by Gasteiger charge is -2.40. The van der Waals surface area contributed by atoms with E-state index >= 15 is 0 Å². The largest absolute Gasteiger partial charge is 0.368 e. The van der Waals surface area contributed by atoms with Gasteiger partial charge in [-0.25, -0.2) is 0 Å². The summed E-state index contributed by atoms with van der Waals surface area (Å²) in [6.07, 6.45) is 5.08. The molecule has 0 saturated heterocycles. The molecule has 1 saturated carbocycles. The maximum atomic E-state index is 5.74. The molecule has 0 radical (unpaired) electrons. The maximum absolute atomic E-state index is 5.74. The minimum absolute atomic E-state index is 0.689. The van der Waals surface area contributed by atoms with Crippen molar-refractivity contribution in [3.63, 3.8) is 0 Å². The number of nitrogens with zero attached hydrogens (tertiary/aromatic N) is 1. The molecule has 1 aromatic rings. The second-order valence-electron chi connectivity index (χ2n) is 6.60. The number of rotatable bonds is 5. The highest BCUT2D eigenvalue weighted by molar-refractivity contribution is 5.49. The van der Waals surface area contributed by atoms with Crippen LogP contribution in [0.4, 0.5) is 5.69 Å². The summed E-state index contributed by atoms with van der Waals surface area (Å²) in [5.74, 6) is 1.71. The SMILES string of the molecule is Cc1cccc(N(CCCN)C2CCC(C)C(C)C2)c1. The second kappa shape index (κ2) is 7.12. The van der Waals surface area contributed by atoms with E-state index in [0.29, 0.717) is 6.04 Å². The van der Waals surface area contributed by atoms with E-state index in [9.17, 15) is 0 Å². The van der Waals surface area contributed by atoms with Gasteiger partial charge >= 0.3 is 0 Å². The van der Waals surface area contributed by atoms with E-state index in [2.05, 4.69) is 49.9 Å². The molecule has 0 bridgehead atoms. The van der Waals surface area contributed by atoms with Gasteiger partial charge in [-0.05, 0) is 68.7 Å². The number of benzene rings is 1. The van der Waals surface area contributed by atoms with Crippen LogP contribution in [0.5, 0.6) is 0 Å². The molecule has 112 valence electrons. The summed E-state index contributed by atoms with van der Waals surface area (Å²) in [4.78, 5) is 2.61. The Bertz CT molecular complexity index is 416. The zero-order valence-corrected chi connectivity index (χ0v) is 13.3. The zero-order chi connectivity index (χ0) is 14.5. The van der Waals surface area contributed by atoms with Crippen LogP contribution in [0.2, 0.25) is 0 Å². The van der Waals surface area contributed by atoms with Crippen LogP contribution in [0.25, 0.3) is 0 Å². The Morgan fingerprint density at radius 1 is 1.20 bits per heavy atom. The molecular formula is C18H30N2. The van der Waals surface area contributed by atoms with Crippen LogP contribution in [-0.2, 0) is 0 Å². The summed E-state index contributed by atoms with van der Waals surface area (Å²) in [5.41, 5.74) is 8.46. The van der Waals surface area contributed by atoms with Gasteiger partial charge in [-0.15, -0.1) is 0 Å². The molecule has 2 nitrogen and oxygen atoms in total. The molecule has 2 heteroatoms. The van der Waals surface area contributed by atoms with Crippen LogP contribution in [0.3, 0.4) is 0 Å². The second-order valence-corrected chi connectivity index (χ2v) is 6.60. The molecule has 1 aromatic carbocycles. The van der Waals surface area contributed by atoms with E-state index in [0.717, 1.165) is 31.3 Å². The van der Waals surface area contributed by atoms with Gasteiger partial charge in [0.15, 0.2) is 0 Å². The Hall–Kier alpha value is -1.02. The van der Waals surface area contributed by atoms with Gasteiger partial charge in [0.05, 0.1) is 0 Å². The molecule has 2 N–H and O–H groups in total. The average molecular weight is 274 g/mol. The van der Waals surface area contributed by atoms with E-state index in [-0.39, 0.29) is 0 Å². The fraction of sp³-hybridized carbons (Fsp3) is 0.667. The van der Waals surface area contributed by atoms with Crippen molar-refractivity contribution in [3.05, 3.63) is 29.8 Å². The van der Waals surface area contributed by atoms with Crippen molar-refractivity contribution in [3.8, 4) is 0 Å². The van der Waals surface area contributed by atoms with Crippen LogP contribution in [0.15, 0.2) is 24.3 Å². The predicted molar refractivity (Wildman–Crippen MR) is 88.2 cm³/mol. The van der Waals surface area contributed by atoms with Crippen molar-refractivity contribution in [1.82, 2.24) is 0 Å². The molecular weight excluding hydrogens is 244 g/mol. The van der Waals surface area contributed by atoms with E-state index in [1.165, 1.54) is 30.5 Å². The van der Waals surface area contributed by atoms with Gasteiger partial charge in [0.1, 0.15) is 0 Å². The van der Waals surface area contributed by atoms with Crippen LogP contribution >= 0.6 is 0 Å². The third-order valence-electron chi connectivity index (χ3n) is 4.95. The molecule has 0 heterocycles. The first-order chi connectivity index (χ1) is 9.61. The Morgan fingerprint density at radius 2 is 2.00 bits per heavy atom. The third kappa shape index (κ3) is 3.76. The van der Waals surface area contributed by atoms with Crippen LogP contribution in [0.1, 0.15) is 45.1 Å². The maximum Gasteiger partial charge on any atom is 0.0371 e. The number of aryl methyl sites for hydroxylation is 1. The minimum Gasteiger partial charge on any atom is -0.368 e. The van der Waals surface area contributed by atoms with Crippen LogP contribution in [0, 0.1) is 18.8 Å². The van der Waals surface area contributed by atoms with Crippen molar-refractivity contribution in [1.29, 1.82) is 0 Å². The van der Waals surface area contributed by atoms with Gasteiger partial charge in [0, 0.05) is 18.3 Å². The Morgan fingerprint density at radius 3 is 2.65 bits per heavy atom. The summed E-state index contributed by atoms with van der Waals surface area (Å²) in [6.45, 7) is 8.86. The minimum atomic E-state index is 0.689. The van der Waals surface area contributed by atoms with E-state index < -0.39 is 0 Å². The first-order valence-corrected chi connectivity index (χ1v) is 8.15. The van der Waals surface area contributed by atoms with Gasteiger partial charge in [0.2, 0.25) is 0 Å². The number of anilines is 1. The van der Waals surface area contributed by atoms with E-state index in [1.807, 2.05) is 0 Å². The first-order valence-electron chi connectivity index (χ1n) is 8.15. The molecule has 1 aliphatic carbocycles. The summed E-state index contributed by atoms with van der Waals surface area (Å²) in [5, 5.41) is 0. The number of nitrogens with two attached hydrogens (primary N) is 1.